The van der Waals surface area contributed by atoms with Gasteiger partial charge in [-0.2, -0.15) is 0 Å². The maximum atomic E-state index is 11.5. The summed E-state index contributed by atoms with van der Waals surface area (Å²) in [5.74, 6) is -0.755. The minimum absolute atomic E-state index is 0.161. The van der Waals surface area contributed by atoms with Gasteiger partial charge < -0.3 is 14.9 Å². The lowest BCUT2D eigenvalue weighted by molar-refractivity contribution is -0.117. The molecule has 2 aromatic heterocycles. The molecular weight excluding hydrogens is 242 g/mol. The fourth-order valence-electron chi connectivity index (χ4n) is 1.23. The van der Waals surface area contributed by atoms with Gasteiger partial charge in [0.2, 0.25) is 5.91 Å². The van der Waals surface area contributed by atoms with Crippen LogP contribution in [0.4, 0.5) is 5.82 Å². The molecular formula is C9H9N5O4. The first-order chi connectivity index (χ1) is 8.54. The minimum Gasteiger partial charge on any atom is -0.476 e. The first-order valence-electron chi connectivity index (χ1n) is 4.91. The molecule has 2 heterocycles. The maximum Gasteiger partial charge on any atom is 0.358 e. The summed E-state index contributed by atoms with van der Waals surface area (Å²) in [6.45, 7) is 1.53. The van der Waals surface area contributed by atoms with E-state index in [-0.39, 0.29) is 18.1 Å². The highest BCUT2D eigenvalue weighted by molar-refractivity contribution is 5.89. The van der Waals surface area contributed by atoms with Gasteiger partial charge in [-0.15, -0.1) is 5.10 Å². The number of nitrogens with one attached hydrogen (secondary N) is 1. The van der Waals surface area contributed by atoms with Gasteiger partial charge in [-0.25, -0.2) is 9.48 Å². The molecule has 0 saturated heterocycles. The van der Waals surface area contributed by atoms with Crippen LogP contribution in [0.15, 0.2) is 16.8 Å². The summed E-state index contributed by atoms with van der Waals surface area (Å²) in [6.07, 6.45) is 1.16. The van der Waals surface area contributed by atoms with Gasteiger partial charge in [0.15, 0.2) is 11.5 Å². The van der Waals surface area contributed by atoms with Crippen molar-refractivity contribution in [2.75, 3.05) is 5.32 Å². The van der Waals surface area contributed by atoms with Crippen molar-refractivity contribution in [2.45, 2.75) is 13.5 Å². The van der Waals surface area contributed by atoms with Crippen LogP contribution in [-0.2, 0) is 11.3 Å². The normalized spacial score (nSPS) is 10.3. The van der Waals surface area contributed by atoms with E-state index >= 15 is 0 Å². The zero-order valence-corrected chi connectivity index (χ0v) is 9.32. The smallest absolute Gasteiger partial charge is 0.358 e. The topological polar surface area (TPSA) is 123 Å². The minimum atomic E-state index is -1.20. The van der Waals surface area contributed by atoms with Crippen molar-refractivity contribution in [3.8, 4) is 0 Å². The fourth-order valence-corrected chi connectivity index (χ4v) is 1.23. The molecule has 2 rings (SSSR count). The van der Waals surface area contributed by atoms with Crippen molar-refractivity contribution >= 4 is 17.7 Å². The second-order valence-corrected chi connectivity index (χ2v) is 3.48. The highest BCUT2D eigenvalue weighted by Gasteiger charge is 2.11. The number of amides is 1. The lowest BCUT2D eigenvalue weighted by Crippen LogP contribution is -2.19. The van der Waals surface area contributed by atoms with Gasteiger partial charge in [-0.1, -0.05) is 10.4 Å². The third kappa shape index (κ3) is 2.70. The molecule has 0 spiro atoms. The third-order valence-corrected chi connectivity index (χ3v) is 1.96. The molecule has 0 aliphatic rings. The fraction of sp³-hybridized carbons (Fsp3) is 0.222. The van der Waals surface area contributed by atoms with E-state index in [9.17, 15) is 9.59 Å². The van der Waals surface area contributed by atoms with E-state index in [0.717, 1.165) is 10.9 Å². The van der Waals surface area contributed by atoms with Crippen LogP contribution in [0.5, 0.6) is 0 Å². The molecule has 0 fully saturated rings. The Kier molecular flexibility index (Phi) is 3.04. The quantitative estimate of drug-likeness (QED) is 0.778. The molecule has 9 heteroatoms. The summed E-state index contributed by atoms with van der Waals surface area (Å²) in [4.78, 5) is 22.1. The van der Waals surface area contributed by atoms with Crippen molar-refractivity contribution in [1.29, 1.82) is 0 Å². The number of aryl methyl sites for hydroxylation is 1. The number of carbonyl (C=O) groups excluding carboxylic acids is 1. The number of rotatable bonds is 4. The maximum absolute atomic E-state index is 11.5. The lowest BCUT2D eigenvalue weighted by atomic mass is 10.4. The predicted octanol–water partition coefficient (Wildman–Crippen LogP) is -0.0886. The first kappa shape index (κ1) is 11.8. The zero-order chi connectivity index (χ0) is 13.1. The molecule has 0 atom stereocenters. The van der Waals surface area contributed by atoms with Crippen molar-refractivity contribution in [3.63, 3.8) is 0 Å². The molecule has 2 aromatic rings. The second kappa shape index (κ2) is 4.65. The molecule has 0 aromatic carbocycles. The summed E-state index contributed by atoms with van der Waals surface area (Å²) in [5.41, 5.74) is -0.222. The van der Waals surface area contributed by atoms with Gasteiger partial charge in [0.05, 0.1) is 6.20 Å². The third-order valence-electron chi connectivity index (χ3n) is 1.96. The van der Waals surface area contributed by atoms with E-state index in [1.807, 2.05) is 0 Å². The predicted molar refractivity (Wildman–Crippen MR) is 56.9 cm³/mol. The molecule has 0 saturated carbocycles. The Hall–Kier alpha value is -2.71. The van der Waals surface area contributed by atoms with Crippen LogP contribution >= 0.6 is 0 Å². The summed E-state index contributed by atoms with van der Waals surface area (Å²) in [6, 6.07) is 1.56. The number of aromatic nitrogens is 4. The van der Waals surface area contributed by atoms with Crippen molar-refractivity contribution in [2.24, 2.45) is 0 Å². The van der Waals surface area contributed by atoms with E-state index in [1.165, 1.54) is 0 Å². The van der Waals surface area contributed by atoms with Gasteiger partial charge in [0.25, 0.3) is 0 Å². The van der Waals surface area contributed by atoms with Crippen LogP contribution in [0.25, 0.3) is 0 Å². The van der Waals surface area contributed by atoms with Gasteiger partial charge in [-0.3, -0.25) is 4.79 Å². The molecule has 2 N–H and O–H groups in total. The van der Waals surface area contributed by atoms with Gasteiger partial charge in [-0.05, 0) is 6.92 Å². The molecule has 0 aliphatic heterocycles. The average Bonchev–Trinajstić information content (AvgIpc) is 2.88. The number of carbonyl (C=O) groups is 2. The molecule has 0 bridgehead atoms. The number of aromatic carboxylic acids is 1. The molecule has 0 unspecified atom stereocenters. The van der Waals surface area contributed by atoms with Crippen molar-refractivity contribution < 1.29 is 19.2 Å². The van der Waals surface area contributed by atoms with Crippen LogP contribution in [0, 0.1) is 6.92 Å². The van der Waals surface area contributed by atoms with E-state index in [1.54, 1.807) is 13.0 Å². The first-order valence-corrected chi connectivity index (χ1v) is 4.91. The van der Waals surface area contributed by atoms with Crippen LogP contribution in [0.1, 0.15) is 16.2 Å². The van der Waals surface area contributed by atoms with E-state index in [4.69, 9.17) is 9.63 Å². The summed E-state index contributed by atoms with van der Waals surface area (Å²) in [5, 5.41) is 21.6. The molecule has 0 radical (unpaired) electrons. The number of carboxylic acid groups (broad SMARTS) is 1. The SMILES string of the molecule is Cc1cc(NC(=O)Cn2cc(C(=O)O)nn2)no1. The zero-order valence-electron chi connectivity index (χ0n) is 9.32. The number of hydrogen-bond donors (Lipinski definition) is 2. The Morgan fingerprint density at radius 3 is 2.89 bits per heavy atom. The number of nitrogens with zero attached hydrogens (tertiary/aromatic N) is 4. The van der Waals surface area contributed by atoms with Crippen LogP contribution < -0.4 is 5.32 Å². The van der Waals surface area contributed by atoms with Crippen LogP contribution in [-0.4, -0.2) is 37.1 Å². The van der Waals surface area contributed by atoms with E-state index < -0.39 is 11.9 Å². The lowest BCUT2D eigenvalue weighted by Gasteiger charge is -1.99. The summed E-state index contributed by atoms with van der Waals surface area (Å²) in [7, 11) is 0. The number of hydrogen-bond acceptors (Lipinski definition) is 6. The van der Waals surface area contributed by atoms with Crippen molar-refractivity contribution in [3.05, 3.63) is 23.7 Å². The van der Waals surface area contributed by atoms with E-state index in [0.29, 0.717) is 5.76 Å². The Balaban J connectivity index is 1.96. The molecule has 18 heavy (non-hydrogen) atoms. The van der Waals surface area contributed by atoms with Crippen molar-refractivity contribution in [1.82, 2.24) is 20.2 Å². The largest absolute Gasteiger partial charge is 0.476 e. The Bertz CT molecular complexity index is 587. The number of carboxylic acids is 1. The summed E-state index contributed by atoms with van der Waals surface area (Å²) < 4.78 is 5.89. The van der Waals surface area contributed by atoms with Crippen LogP contribution in [0.3, 0.4) is 0 Å². The standard InChI is InChI=1S/C9H9N5O4/c1-5-2-7(12-18-5)10-8(15)4-14-3-6(9(16)17)11-13-14/h2-3H,4H2,1H3,(H,16,17)(H,10,12,15). The second-order valence-electron chi connectivity index (χ2n) is 3.48. The molecule has 9 nitrogen and oxygen atoms in total. The Morgan fingerprint density at radius 1 is 1.56 bits per heavy atom. The Morgan fingerprint density at radius 2 is 2.33 bits per heavy atom. The summed E-state index contributed by atoms with van der Waals surface area (Å²) >= 11 is 0. The van der Waals surface area contributed by atoms with E-state index in [2.05, 4.69) is 20.8 Å². The molecule has 1 amide bonds. The molecule has 0 aliphatic carbocycles. The average molecular weight is 251 g/mol. The van der Waals surface area contributed by atoms with Gasteiger partial charge in [0.1, 0.15) is 12.3 Å². The highest BCUT2D eigenvalue weighted by atomic mass is 16.5. The van der Waals surface area contributed by atoms with Crippen LogP contribution in [0.2, 0.25) is 0 Å². The monoisotopic (exact) mass is 251 g/mol. The number of anilines is 1. The van der Waals surface area contributed by atoms with Gasteiger partial charge >= 0.3 is 5.97 Å². The Labute approximate surface area is 100 Å². The highest BCUT2D eigenvalue weighted by Crippen LogP contribution is 2.06. The molecule has 94 valence electrons. The van der Waals surface area contributed by atoms with Gasteiger partial charge in [0, 0.05) is 6.07 Å².